The summed E-state index contributed by atoms with van der Waals surface area (Å²) in [6.45, 7) is 3.90. The largest absolute Gasteiger partial charge is 0.472 e. The Bertz CT molecular complexity index is 1310. The SMILES string of the molecule is CC/C=C\C/C=C\C/C=C\CCCCCCCC(=O)OC[C@H](COP(=O)(O)OCC[N+](C)(C)C)OC(=O)CCCCCC[C@H]1[C@@H](O)CC(=O)[C@@H]1/C=C/[C@@H](O)CCCCC. The Labute approximate surface area is 356 Å². The van der Waals surface area contributed by atoms with Crippen molar-refractivity contribution in [3.05, 3.63) is 48.6 Å². The number of ketones is 1. The van der Waals surface area contributed by atoms with Crippen LogP contribution in [0.4, 0.5) is 0 Å². The number of carbonyl (C=O) groups is 3. The van der Waals surface area contributed by atoms with Gasteiger partial charge in [-0.15, -0.1) is 0 Å². The summed E-state index contributed by atoms with van der Waals surface area (Å²) in [6, 6.07) is 0. The Kier molecular flexibility index (Phi) is 30.7. The summed E-state index contributed by atoms with van der Waals surface area (Å²) in [5, 5.41) is 20.8. The first-order valence-corrected chi connectivity index (χ1v) is 24.0. The number of carbonyl (C=O) groups excluding carboxylic acids is 3. The van der Waals surface area contributed by atoms with E-state index in [1.165, 1.54) is 0 Å². The highest BCUT2D eigenvalue weighted by molar-refractivity contribution is 7.47. The maximum atomic E-state index is 12.8. The van der Waals surface area contributed by atoms with Crippen molar-refractivity contribution < 1.29 is 57.1 Å². The van der Waals surface area contributed by atoms with Crippen LogP contribution < -0.4 is 0 Å². The summed E-state index contributed by atoms with van der Waals surface area (Å²) in [4.78, 5) is 48.1. The molecule has 12 nitrogen and oxygen atoms in total. The molecule has 0 radical (unpaired) electrons. The second-order valence-electron chi connectivity index (χ2n) is 16.8. The van der Waals surface area contributed by atoms with Gasteiger partial charge in [-0.05, 0) is 63.7 Å². The first-order valence-electron chi connectivity index (χ1n) is 22.5. The van der Waals surface area contributed by atoms with Crippen LogP contribution in [0.3, 0.4) is 0 Å². The van der Waals surface area contributed by atoms with Crippen molar-refractivity contribution >= 4 is 25.5 Å². The van der Waals surface area contributed by atoms with Gasteiger partial charge in [0.1, 0.15) is 25.5 Å². The molecule has 0 aliphatic heterocycles. The Morgan fingerprint density at radius 2 is 1.44 bits per heavy atom. The van der Waals surface area contributed by atoms with E-state index in [-0.39, 0.29) is 44.2 Å². The highest BCUT2D eigenvalue weighted by Crippen LogP contribution is 2.43. The fourth-order valence-corrected chi connectivity index (χ4v) is 7.44. The third kappa shape index (κ3) is 30.3. The van der Waals surface area contributed by atoms with Crippen LogP contribution in [-0.4, -0.2) is 103 Å². The zero-order valence-corrected chi connectivity index (χ0v) is 38.1. The lowest BCUT2D eigenvalue weighted by Gasteiger charge is -2.24. The van der Waals surface area contributed by atoms with Gasteiger partial charge in [-0.3, -0.25) is 23.4 Å². The van der Waals surface area contributed by atoms with Gasteiger partial charge in [0.15, 0.2) is 6.10 Å². The number of Topliss-reactive ketones (excluding diaryl/α,β-unsaturated/α-hetero) is 1. The lowest BCUT2D eigenvalue weighted by molar-refractivity contribution is -0.870. The van der Waals surface area contributed by atoms with Crippen molar-refractivity contribution in [2.75, 3.05) is 47.5 Å². The molecule has 1 fully saturated rings. The predicted octanol–water partition coefficient (Wildman–Crippen LogP) is 9.27. The lowest BCUT2D eigenvalue weighted by Crippen LogP contribution is -2.37. The molecule has 1 rings (SSSR count). The summed E-state index contributed by atoms with van der Waals surface area (Å²) in [6.07, 6.45) is 30.6. The smallest absolute Gasteiger partial charge is 0.462 e. The second kappa shape index (κ2) is 33.2. The molecule has 13 heteroatoms. The van der Waals surface area contributed by atoms with Crippen LogP contribution in [0, 0.1) is 11.8 Å². The fraction of sp³-hybridized carbons (Fsp3) is 0.761. The van der Waals surface area contributed by atoms with Gasteiger partial charge >= 0.3 is 19.8 Å². The van der Waals surface area contributed by atoms with Crippen LogP contribution in [0.5, 0.6) is 0 Å². The van der Waals surface area contributed by atoms with Crippen molar-refractivity contribution in [3.8, 4) is 0 Å². The Morgan fingerprint density at radius 3 is 2.12 bits per heavy atom. The Morgan fingerprint density at radius 1 is 0.814 bits per heavy atom. The van der Waals surface area contributed by atoms with Crippen LogP contribution in [-0.2, 0) is 37.5 Å². The molecule has 0 aromatic heterocycles. The standard InChI is InChI=1S/C46H80NO11P/c1-6-8-10-11-12-13-14-15-16-17-18-19-20-21-26-30-45(51)55-37-40(38-57-59(53,54)56-35-34-47(3,4)5)58-46(52)31-27-23-22-25-29-41-42(44(50)36-43(41)49)33-32-39(48)28-24-9-7-2/h8,10,12-13,15-16,32-33,39-43,48-49H,6-7,9,11,14,17-31,34-38H2,1-5H3/p+1/b10-8-,13-12-,16-15-,33-32+/t39-,40+,41+,42+,43-/m0/s1. The molecule has 0 aromatic carbocycles. The number of aliphatic hydroxyl groups excluding tert-OH is 2. The van der Waals surface area contributed by atoms with Crippen molar-refractivity contribution in [2.24, 2.45) is 11.8 Å². The van der Waals surface area contributed by atoms with Gasteiger partial charge in [-0.2, -0.15) is 0 Å². The van der Waals surface area contributed by atoms with Gasteiger partial charge in [-0.1, -0.05) is 120 Å². The lowest BCUT2D eigenvalue weighted by atomic mass is 9.88. The van der Waals surface area contributed by atoms with Crippen LogP contribution in [0.1, 0.15) is 149 Å². The number of phosphoric ester groups is 1. The summed E-state index contributed by atoms with van der Waals surface area (Å²) in [5.74, 6) is -1.57. The molecule has 0 amide bonds. The average Bonchev–Trinajstić information content (AvgIpc) is 3.44. The molecule has 0 spiro atoms. The monoisotopic (exact) mass is 855 g/mol. The quantitative estimate of drug-likeness (QED) is 0.0181. The number of quaternary nitrogens is 1. The van der Waals surface area contributed by atoms with Gasteiger partial charge in [0.2, 0.25) is 0 Å². The highest BCUT2D eigenvalue weighted by Gasteiger charge is 2.39. The molecule has 340 valence electrons. The second-order valence-corrected chi connectivity index (χ2v) is 18.3. The van der Waals surface area contributed by atoms with Gasteiger partial charge in [0, 0.05) is 25.2 Å². The molecule has 0 saturated heterocycles. The van der Waals surface area contributed by atoms with Crippen LogP contribution in [0.15, 0.2) is 48.6 Å². The van der Waals surface area contributed by atoms with E-state index < -0.39 is 50.6 Å². The number of hydrogen-bond donors (Lipinski definition) is 3. The van der Waals surface area contributed by atoms with E-state index in [0.717, 1.165) is 89.9 Å². The predicted molar refractivity (Wildman–Crippen MR) is 234 cm³/mol. The molecule has 1 saturated carbocycles. The van der Waals surface area contributed by atoms with E-state index in [9.17, 15) is 34.1 Å². The maximum absolute atomic E-state index is 12.8. The molecule has 6 atom stereocenters. The molecule has 1 aliphatic rings. The number of allylic oxidation sites excluding steroid dienone is 7. The fourth-order valence-electron chi connectivity index (χ4n) is 6.70. The Hall–Kier alpha value is -2.44. The number of esters is 2. The van der Waals surface area contributed by atoms with E-state index in [1.54, 1.807) is 12.2 Å². The molecule has 59 heavy (non-hydrogen) atoms. The van der Waals surface area contributed by atoms with Crippen molar-refractivity contribution in [3.63, 3.8) is 0 Å². The minimum absolute atomic E-state index is 0.0000221. The van der Waals surface area contributed by atoms with E-state index in [2.05, 4.69) is 50.3 Å². The third-order valence-corrected chi connectivity index (χ3v) is 11.2. The highest BCUT2D eigenvalue weighted by atomic mass is 31.2. The zero-order valence-electron chi connectivity index (χ0n) is 37.2. The molecular weight excluding hydrogens is 773 g/mol. The van der Waals surface area contributed by atoms with E-state index >= 15 is 0 Å². The minimum Gasteiger partial charge on any atom is -0.462 e. The number of nitrogens with zero attached hydrogens (tertiary/aromatic N) is 1. The van der Waals surface area contributed by atoms with E-state index in [4.69, 9.17) is 18.5 Å². The topological polar surface area (TPSA) is 166 Å². The number of hydrogen-bond acceptors (Lipinski definition) is 10. The number of rotatable bonds is 36. The number of ether oxygens (including phenoxy) is 2. The maximum Gasteiger partial charge on any atom is 0.472 e. The van der Waals surface area contributed by atoms with Crippen molar-refractivity contribution in [1.29, 1.82) is 0 Å². The molecular formula is C46H81NO11P+. The number of likely N-dealkylation sites (N-methyl/N-ethyl adjacent to an activating group) is 1. The van der Waals surface area contributed by atoms with Crippen molar-refractivity contribution in [1.82, 2.24) is 0 Å². The molecule has 0 aromatic rings. The molecule has 1 unspecified atom stereocenters. The van der Waals surface area contributed by atoms with E-state index in [0.29, 0.717) is 36.7 Å². The first-order chi connectivity index (χ1) is 28.2. The summed E-state index contributed by atoms with van der Waals surface area (Å²) >= 11 is 0. The zero-order chi connectivity index (χ0) is 43.8. The third-order valence-electron chi connectivity index (χ3n) is 10.3. The number of aliphatic hydroxyl groups is 2. The molecule has 0 heterocycles. The Balaban J connectivity index is 2.49. The van der Waals surface area contributed by atoms with E-state index in [1.807, 2.05) is 21.1 Å². The van der Waals surface area contributed by atoms with Gasteiger partial charge < -0.3 is 29.1 Å². The van der Waals surface area contributed by atoms with Crippen LogP contribution >= 0.6 is 7.82 Å². The molecule has 3 N–H and O–H groups in total. The van der Waals surface area contributed by atoms with Crippen molar-refractivity contribution in [2.45, 2.75) is 167 Å². The summed E-state index contributed by atoms with van der Waals surface area (Å²) in [7, 11) is 1.31. The molecule has 1 aliphatic carbocycles. The van der Waals surface area contributed by atoms with Gasteiger partial charge in [0.05, 0.1) is 40.0 Å². The molecule has 0 bridgehead atoms. The van der Waals surface area contributed by atoms with Gasteiger partial charge in [-0.25, -0.2) is 4.57 Å². The van der Waals surface area contributed by atoms with Crippen LogP contribution in [0.25, 0.3) is 0 Å². The summed E-state index contributed by atoms with van der Waals surface area (Å²) < 4.78 is 34.3. The average molecular weight is 855 g/mol. The normalized spacial score (nSPS) is 19.7. The number of phosphoric acid groups is 1. The van der Waals surface area contributed by atoms with Gasteiger partial charge in [0.25, 0.3) is 0 Å². The van der Waals surface area contributed by atoms with Crippen LogP contribution in [0.2, 0.25) is 0 Å². The minimum atomic E-state index is -4.45. The first kappa shape index (κ1) is 54.6. The summed E-state index contributed by atoms with van der Waals surface area (Å²) in [5.41, 5.74) is 0. The number of unbranched alkanes of at least 4 members (excludes halogenated alkanes) is 10.